The van der Waals surface area contributed by atoms with E-state index >= 15 is 0 Å². The van der Waals surface area contributed by atoms with Gasteiger partial charge in [0.05, 0.1) is 21.4 Å². The molecule has 2 aromatic rings. The number of hydrogen-bond acceptors (Lipinski definition) is 4. The Kier molecular flexibility index (Phi) is 5.31. The van der Waals surface area contributed by atoms with Crippen molar-refractivity contribution in [2.24, 2.45) is 5.92 Å². The van der Waals surface area contributed by atoms with Crippen molar-refractivity contribution >= 4 is 21.3 Å². The van der Waals surface area contributed by atoms with Crippen LogP contribution in [0.15, 0.2) is 23.2 Å². The zero-order chi connectivity index (χ0) is 20.0. The van der Waals surface area contributed by atoms with E-state index in [0.29, 0.717) is 11.3 Å². The van der Waals surface area contributed by atoms with E-state index in [0.717, 1.165) is 0 Å². The summed E-state index contributed by atoms with van der Waals surface area (Å²) in [6, 6.07) is 4.01. The van der Waals surface area contributed by atoms with Crippen LogP contribution in [-0.2, 0) is 14.5 Å². The van der Waals surface area contributed by atoms with Crippen LogP contribution in [0.3, 0.4) is 0 Å². The third kappa shape index (κ3) is 4.47. The standard InChI is InChI=1S/C17H19ClF3N3O2S/c1-9-16(27(2,22)25)24-15(23-9)14(11-3-4-13(19)12(18)5-11)26-8-10-6-17(20,21)7-10/h3-5,10,14,22H,6-8H2,1-2H3,(H,23,24)/t14?,27-/m1/s1. The summed E-state index contributed by atoms with van der Waals surface area (Å²) in [6.45, 7) is 1.69. The molecule has 0 amide bonds. The van der Waals surface area contributed by atoms with Crippen LogP contribution in [0.25, 0.3) is 0 Å². The minimum Gasteiger partial charge on any atom is -0.365 e. The van der Waals surface area contributed by atoms with Gasteiger partial charge < -0.3 is 9.72 Å². The smallest absolute Gasteiger partial charge is 0.248 e. The fourth-order valence-corrected chi connectivity index (χ4v) is 4.21. The SMILES string of the molecule is Cc1[nH]c(C(OCC2CC(F)(F)C2)c2ccc(F)c(Cl)c2)nc1[S@](C)(=N)=O. The summed E-state index contributed by atoms with van der Waals surface area (Å²) in [6.07, 6.45) is -0.0865. The predicted molar refractivity (Wildman–Crippen MR) is 95.3 cm³/mol. The molecule has 0 radical (unpaired) electrons. The number of rotatable bonds is 6. The van der Waals surface area contributed by atoms with Crippen molar-refractivity contribution < 1.29 is 22.1 Å². The van der Waals surface area contributed by atoms with Crippen molar-refractivity contribution in [3.8, 4) is 0 Å². The van der Waals surface area contributed by atoms with E-state index in [9.17, 15) is 17.4 Å². The lowest BCUT2D eigenvalue weighted by Gasteiger charge is -2.35. The highest BCUT2D eigenvalue weighted by atomic mass is 35.5. The molecule has 1 aliphatic rings. The van der Waals surface area contributed by atoms with Crippen LogP contribution >= 0.6 is 11.6 Å². The summed E-state index contributed by atoms with van der Waals surface area (Å²) in [5.41, 5.74) is 0.921. The van der Waals surface area contributed by atoms with Crippen LogP contribution < -0.4 is 0 Å². The van der Waals surface area contributed by atoms with Crippen LogP contribution in [0.2, 0.25) is 5.02 Å². The Morgan fingerprint density at radius 1 is 1.48 bits per heavy atom. The first-order chi connectivity index (χ1) is 12.5. The lowest BCUT2D eigenvalue weighted by molar-refractivity contribution is -0.133. The monoisotopic (exact) mass is 421 g/mol. The number of halogens is 4. The number of aromatic nitrogens is 2. The van der Waals surface area contributed by atoms with E-state index in [2.05, 4.69) is 9.97 Å². The highest BCUT2D eigenvalue weighted by molar-refractivity contribution is 7.91. The summed E-state index contributed by atoms with van der Waals surface area (Å²) in [4.78, 5) is 7.17. The fraction of sp³-hybridized carbons (Fsp3) is 0.471. The van der Waals surface area contributed by atoms with Gasteiger partial charge in [0.1, 0.15) is 17.7 Å². The quantitative estimate of drug-likeness (QED) is 0.709. The third-order valence-electron chi connectivity index (χ3n) is 4.40. The number of nitrogens with one attached hydrogen (secondary N) is 2. The normalized spacial score (nSPS) is 20.1. The molecule has 10 heteroatoms. The van der Waals surface area contributed by atoms with Gasteiger partial charge >= 0.3 is 0 Å². The van der Waals surface area contributed by atoms with Crippen molar-refractivity contribution in [3.05, 3.63) is 46.1 Å². The third-order valence-corrected chi connectivity index (χ3v) is 5.82. The Balaban J connectivity index is 1.91. The van der Waals surface area contributed by atoms with E-state index in [-0.39, 0.29) is 41.2 Å². The van der Waals surface area contributed by atoms with Gasteiger partial charge in [0.15, 0.2) is 5.03 Å². The van der Waals surface area contributed by atoms with Gasteiger partial charge in [-0.15, -0.1) is 0 Å². The average Bonchev–Trinajstić information content (AvgIpc) is 2.91. The van der Waals surface area contributed by atoms with Crippen molar-refractivity contribution in [3.63, 3.8) is 0 Å². The molecule has 148 valence electrons. The molecule has 0 spiro atoms. The van der Waals surface area contributed by atoms with E-state index in [4.69, 9.17) is 21.1 Å². The minimum absolute atomic E-state index is 0.0622. The van der Waals surface area contributed by atoms with Gasteiger partial charge in [0.25, 0.3) is 0 Å². The van der Waals surface area contributed by atoms with Crippen molar-refractivity contribution in [1.82, 2.24) is 9.97 Å². The van der Waals surface area contributed by atoms with Gasteiger partial charge in [-0.05, 0) is 30.5 Å². The first kappa shape index (κ1) is 20.2. The number of nitrogens with zero attached hydrogens (tertiary/aromatic N) is 1. The van der Waals surface area contributed by atoms with Gasteiger partial charge in [0, 0.05) is 24.8 Å². The molecular formula is C17H19ClF3N3O2S. The van der Waals surface area contributed by atoms with Gasteiger partial charge in [-0.3, -0.25) is 0 Å². The van der Waals surface area contributed by atoms with Crippen LogP contribution in [0.4, 0.5) is 13.2 Å². The Bertz CT molecular complexity index is 954. The molecule has 5 nitrogen and oxygen atoms in total. The zero-order valence-electron chi connectivity index (χ0n) is 14.7. The first-order valence-corrected chi connectivity index (χ1v) is 10.6. The highest BCUT2D eigenvalue weighted by Gasteiger charge is 2.45. The lowest BCUT2D eigenvalue weighted by Crippen LogP contribution is -2.38. The second kappa shape index (κ2) is 7.10. The molecule has 1 aromatic carbocycles. The summed E-state index contributed by atoms with van der Waals surface area (Å²) in [5, 5.41) is -0.0194. The first-order valence-electron chi connectivity index (χ1n) is 8.21. The van der Waals surface area contributed by atoms with Gasteiger partial charge in [0.2, 0.25) is 5.92 Å². The highest BCUT2D eigenvalue weighted by Crippen LogP contribution is 2.43. The van der Waals surface area contributed by atoms with Gasteiger partial charge in [-0.25, -0.2) is 27.1 Å². The molecule has 2 N–H and O–H groups in total. The molecule has 1 saturated carbocycles. The van der Waals surface area contributed by atoms with E-state index in [1.54, 1.807) is 6.92 Å². The number of imidazole rings is 1. The Morgan fingerprint density at radius 3 is 2.67 bits per heavy atom. The Labute approximate surface area is 160 Å². The number of alkyl halides is 2. The van der Waals surface area contributed by atoms with E-state index in [1.165, 1.54) is 24.5 Å². The maximum atomic E-state index is 13.5. The molecule has 1 aromatic heterocycles. The maximum absolute atomic E-state index is 13.5. The molecule has 1 aliphatic carbocycles. The number of H-pyrrole nitrogens is 1. The number of aryl methyl sites for hydroxylation is 1. The number of ether oxygens (including phenoxy) is 1. The summed E-state index contributed by atoms with van der Waals surface area (Å²) in [7, 11) is -3.07. The maximum Gasteiger partial charge on any atom is 0.248 e. The predicted octanol–water partition coefficient (Wildman–Crippen LogP) is 4.70. The Morgan fingerprint density at radius 2 is 2.15 bits per heavy atom. The largest absolute Gasteiger partial charge is 0.365 e. The average molecular weight is 422 g/mol. The summed E-state index contributed by atoms with van der Waals surface area (Å²) < 4.78 is 65.3. The van der Waals surface area contributed by atoms with Crippen LogP contribution in [-0.4, -0.2) is 33.0 Å². The second-order valence-corrected chi connectivity index (χ2v) is 9.39. The lowest BCUT2D eigenvalue weighted by atomic mass is 9.82. The number of hydrogen-bond donors (Lipinski definition) is 2. The molecular weight excluding hydrogens is 403 g/mol. The molecule has 1 fully saturated rings. The molecule has 3 rings (SSSR count). The topological polar surface area (TPSA) is 78.8 Å². The summed E-state index contributed by atoms with van der Waals surface area (Å²) in [5.74, 6) is -3.29. The van der Waals surface area contributed by atoms with Crippen molar-refractivity contribution in [1.29, 1.82) is 4.78 Å². The van der Waals surface area contributed by atoms with Crippen LogP contribution in [0.1, 0.15) is 36.0 Å². The number of aromatic amines is 1. The summed E-state index contributed by atoms with van der Waals surface area (Å²) >= 11 is 5.86. The molecule has 2 atom stereocenters. The minimum atomic E-state index is -3.07. The van der Waals surface area contributed by atoms with Crippen molar-refractivity contribution in [2.45, 2.75) is 36.8 Å². The van der Waals surface area contributed by atoms with E-state index < -0.39 is 27.6 Å². The Hall–Kier alpha value is -1.58. The second-order valence-electron chi connectivity index (χ2n) is 6.91. The molecule has 0 saturated heterocycles. The van der Waals surface area contributed by atoms with Crippen LogP contribution in [0, 0.1) is 23.4 Å². The van der Waals surface area contributed by atoms with Gasteiger partial charge in [-0.2, -0.15) is 0 Å². The molecule has 0 aliphatic heterocycles. The van der Waals surface area contributed by atoms with E-state index in [1.807, 2.05) is 0 Å². The van der Waals surface area contributed by atoms with Crippen molar-refractivity contribution in [2.75, 3.05) is 12.9 Å². The molecule has 27 heavy (non-hydrogen) atoms. The molecule has 1 unspecified atom stereocenters. The van der Waals surface area contributed by atoms with Gasteiger partial charge in [-0.1, -0.05) is 17.7 Å². The fourth-order valence-electron chi connectivity index (χ4n) is 3.11. The number of benzene rings is 1. The zero-order valence-corrected chi connectivity index (χ0v) is 16.3. The molecule has 0 bridgehead atoms. The molecule has 1 heterocycles. The van der Waals surface area contributed by atoms with Crippen LogP contribution in [0.5, 0.6) is 0 Å².